The average Bonchev–Trinajstić information content (AvgIpc) is 2.41. The summed E-state index contributed by atoms with van der Waals surface area (Å²) in [6, 6.07) is 9.91. The van der Waals surface area contributed by atoms with Gasteiger partial charge in [-0.3, -0.25) is 4.98 Å². The van der Waals surface area contributed by atoms with Gasteiger partial charge in [0.15, 0.2) is 0 Å². The Morgan fingerprint density at radius 1 is 1.37 bits per heavy atom. The zero-order chi connectivity index (χ0) is 13.8. The summed E-state index contributed by atoms with van der Waals surface area (Å²) >= 11 is 8.42. The van der Waals surface area contributed by atoms with Crippen molar-refractivity contribution in [1.82, 2.24) is 4.98 Å². The van der Waals surface area contributed by atoms with Gasteiger partial charge in [0.25, 0.3) is 0 Å². The van der Waals surface area contributed by atoms with Crippen LogP contribution in [0.25, 0.3) is 0 Å². The molecule has 5 heteroatoms. The summed E-state index contributed by atoms with van der Waals surface area (Å²) in [5.41, 5.74) is 9.45. The van der Waals surface area contributed by atoms with Crippen molar-refractivity contribution in [3.63, 3.8) is 0 Å². The van der Waals surface area contributed by atoms with Gasteiger partial charge in [0, 0.05) is 22.0 Å². The molecular formula is C14H14BrN3S. The maximum Gasteiger partial charge on any atom is 0.122 e. The zero-order valence-electron chi connectivity index (χ0n) is 10.5. The number of rotatable bonds is 4. The van der Waals surface area contributed by atoms with Crippen LogP contribution in [-0.4, -0.2) is 9.97 Å². The predicted molar refractivity (Wildman–Crippen MR) is 86.9 cm³/mol. The molecule has 3 N–H and O–H groups in total. The molecule has 0 fully saturated rings. The molecule has 2 aromatic rings. The van der Waals surface area contributed by atoms with Gasteiger partial charge < -0.3 is 11.1 Å². The van der Waals surface area contributed by atoms with Crippen LogP contribution < -0.4 is 11.1 Å². The maximum absolute atomic E-state index is 5.59. The van der Waals surface area contributed by atoms with Gasteiger partial charge in [-0.05, 0) is 42.3 Å². The molecule has 19 heavy (non-hydrogen) atoms. The number of aryl methyl sites for hydroxylation is 1. The van der Waals surface area contributed by atoms with Crippen LogP contribution >= 0.6 is 28.1 Å². The molecule has 0 unspecified atom stereocenters. The molecule has 0 aliphatic carbocycles. The number of hydrogen-bond donors (Lipinski definition) is 2. The van der Waals surface area contributed by atoms with Gasteiger partial charge in [0.05, 0.1) is 5.69 Å². The summed E-state index contributed by atoms with van der Waals surface area (Å²) < 4.78 is 1.08. The Morgan fingerprint density at radius 2 is 2.16 bits per heavy atom. The van der Waals surface area contributed by atoms with E-state index in [1.54, 1.807) is 6.20 Å². The standard InChI is InChI=1S/C14H14BrN3S/c1-2-9-7-10(15)3-4-12(9)18-11-5-6-17-13(8-11)14(16)19/h3-8H,2H2,1H3,(H2,16,19)(H,17,18). The fourth-order valence-corrected chi connectivity index (χ4v) is 2.30. The minimum absolute atomic E-state index is 0.301. The lowest BCUT2D eigenvalue weighted by Gasteiger charge is -2.12. The smallest absolute Gasteiger partial charge is 0.122 e. The van der Waals surface area contributed by atoms with Crippen LogP contribution in [0.5, 0.6) is 0 Å². The van der Waals surface area contributed by atoms with E-state index in [4.69, 9.17) is 18.0 Å². The fourth-order valence-electron chi connectivity index (χ4n) is 1.78. The fraction of sp³-hybridized carbons (Fsp3) is 0.143. The van der Waals surface area contributed by atoms with E-state index in [1.807, 2.05) is 24.3 Å². The monoisotopic (exact) mass is 335 g/mol. The summed E-state index contributed by atoms with van der Waals surface area (Å²) in [6.07, 6.45) is 2.65. The van der Waals surface area contributed by atoms with Crippen molar-refractivity contribution in [2.75, 3.05) is 5.32 Å². The van der Waals surface area contributed by atoms with E-state index in [1.165, 1.54) is 5.56 Å². The van der Waals surface area contributed by atoms with Gasteiger partial charge in [-0.15, -0.1) is 0 Å². The summed E-state index contributed by atoms with van der Waals surface area (Å²) in [6.45, 7) is 2.12. The second kappa shape index (κ2) is 6.12. The first-order chi connectivity index (χ1) is 9.10. The van der Waals surface area contributed by atoms with Crippen LogP contribution in [0.1, 0.15) is 18.2 Å². The maximum atomic E-state index is 5.59. The number of nitrogens with two attached hydrogens (primary N) is 1. The third-order valence-electron chi connectivity index (χ3n) is 2.74. The summed E-state index contributed by atoms with van der Waals surface area (Å²) in [7, 11) is 0. The first kappa shape index (κ1) is 14.0. The van der Waals surface area contributed by atoms with Crippen LogP contribution in [0.3, 0.4) is 0 Å². The molecule has 98 valence electrons. The van der Waals surface area contributed by atoms with Crippen molar-refractivity contribution < 1.29 is 0 Å². The number of thiocarbonyl (C=S) groups is 1. The third-order valence-corrected chi connectivity index (χ3v) is 3.44. The van der Waals surface area contributed by atoms with Crippen LogP contribution in [0.15, 0.2) is 41.0 Å². The number of aromatic nitrogens is 1. The number of nitrogens with zero attached hydrogens (tertiary/aromatic N) is 1. The molecule has 0 saturated carbocycles. The molecule has 0 atom stereocenters. The summed E-state index contributed by atoms with van der Waals surface area (Å²) in [4.78, 5) is 4.42. The van der Waals surface area contributed by atoms with E-state index in [9.17, 15) is 0 Å². The van der Waals surface area contributed by atoms with Crippen molar-refractivity contribution in [3.05, 3.63) is 52.3 Å². The van der Waals surface area contributed by atoms with Crippen molar-refractivity contribution in [3.8, 4) is 0 Å². The minimum Gasteiger partial charge on any atom is -0.388 e. The van der Waals surface area contributed by atoms with Crippen molar-refractivity contribution in [2.24, 2.45) is 5.73 Å². The van der Waals surface area contributed by atoms with Gasteiger partial charge in [0.1, 0.15) is 4.99 Å². The second-order valence-corrected chi connectivity index (χ2v) is 5.43. The van der Waals surface area contributed by atoms with Gasteiger partial charge in [-0.25, -0.2) is 0 Å². The Labute approximate surface area is 126 Å². The van der Waals surface area contributed by atoms with E-state index in [2.05, 4.69) is 39.2 Å². The van der Waals surface area contributed by atoms with Gasteiger partial charge in [-0.1, -0.05) is 35.1 Å². The quantitative estimate of drug-likeness (QED) is 0.834. The molecular weight excluding hydrogens is 322 g/mol. The van der Waals surface area contributed by atoms with Gasteiger partial charge >= 0.3 is 0 Å². The Morgan fingerprint density at radius 3 is 2.84 bits per heavy atom. The highest BCUT2D eigenvalue weighted by molar-refractivity contribution is 9.10. The molecule has 0 bridgehead atoms. The molecule has 1 heterocycles. The lowest BCUT2D eigenvalue weighted by molar-refractivity contribution is 1.14. The first-order valence-electron chi connectivity index (χ1n) is 5.91. The molecule has 0 spiro atoms. The highest BCUT2D eigenvalue weighted by Crippen LogP contribution is 2.25. The van der Waals surface area contributed by atoms with E-state index >= 15 is 0 Å². The van der Waals surface area contributed by atoms with Crippen LogP contribution in [0.4, 0.5) is 11.4 Å². The Hall–Kier alpha value is -1.46. The minimum atomic E-state index is 0.301. The Balaban J connectivity index is 2.30. The van der Waals surface area contributed by atoms with E-state index in [0.717, 1.165) is 22.3 Å². The van der Waals surface area contributed by atoms with Gasteiger partial charge in [-0.2, -0.15) is 0 Å². The topological polar surface area (TPSA) is 50.9 Å². The Kier molecular flexibility index (Phi) is 4.50. The van der Waals surface area contributed by atoms with Crippen molar-refractivity contribution >= 4 is 44.5 Å². The molecule has 2 rings (SSSR count). The van der Waals surface area contributed by atoms with Gasteiger partial charge in [0.2, 0.25) is 0 Å². The van der Waals surface area contributed by atoms with E-state index in [-0.39, 0.29) is 0 Å². The van der Waals surface area contributed by atoms with E-state index in [0.29, 0.717) is 10.7 Å². The number of nitrogens with one attached hydrogen (secondary N) is 1. The Bertz CT molecular complexity index is 613. The predicted octanol–water partition coefficient (Wildman–Crippen LogP) is 3.78. The lowest BCUT2D eigenvalue weighted by atomic mass is 10.1. The average molecular weight is 336 g/mol. The highest BCUT2D eigenvalue weighted by atomic mass is 79.9. The lowest BCUT2D eigenvalue weighted by Crippen LogP contribution is -2.11. The first-order valence-corrected chi connectivity index (χ1v) is 7.11. The molecule has 3 nitrogen and oxygen atoms in total. The zero-order valence-corrected chi connectivity index (χ0v) is 12.9. The van der Waals surface area contributed by atoms with Crippen molar-refractivity contribution in [1.29, 1.82) is 0 Å². The summed E-state index contributed by atoms with van der Waals surface area (Å²) in [5.74, 6) is 0. The number of anilines is 2. The third kappa shape index (κ3) is 3.52. The molecule has 1 aromatic heterocycles. The van der Waals surface area contributed by atoms with Crippen LogP contribution in [-0.2, 0) is 6.42 Å². The number of hydrogen-bond acceptors (Lipinski definition) is 3. The van der Waals surface area contributed by atoms with Crippen LogP contribution in [0, 0.1) is 0 Å². The molecule has 0 radical (unpaired) electrons. The SMILES string of the molecule is CCc1cc(Br)ccc1Nc1ccnc(C(N)=S)c1. The largest absolute Gasteiger partial charge is 0.388 e. The molecule has 0 amide bonds. The molecule has 0 aliphatic heterocycles. The summed E-state index contributed by atoms with van der Waals surface area (Å²) in [5, 5.41) is 3.37. The number of halogens is 1. The molecule has 0 aliphatic rings. The molecule has 0 saturated heterocycles. The van der Waals surface area contributed by atoms with Crippen molar-refractivity contribution in [2.45, 2.75) is 13.3 Å². The molecule has 1 aromatic carbocycles. The highest BCUT2D eigenvalue weighted by Gasteiger charge is 2.04. The van der Waals surface area contributed by atoms with Crippen LogP contribution in [0.2, 0.25) is 0 Å². The second-order valence-electron chi connectivity index (χ2n) is 4.07. The normalized spacial score (nSPS) is 10.2. The van der Waals surface area contributed by atoms with E-state index < -0.39 is 0 Å². The number of pyridine rings is 1. The number of benzene rings is 1.